The van der Waals surface area contributed by atoms with Crippen LogP contribution in [0, 0.1) is 0 Å². The second-order valence-corrected chi connectivity index (χ2v) is 7.23. The highest BCUT2D eigenvalue weighted by molar-refractivity contribution is 5.87. The van der Waals surface area contributed by atoms with Crippen LogP contribution in [0.2, 0.25) is 0 Å². The van der Waals surface area contributed by atoms with Crippen molar-refractivity contribution in [3.8, 4) is 11.3 Å². The molecule has 0 aliphatic rings. The maximum Gasteiger partial charge on any atom is 0.374 e. The van der Waals surface area contributed by atoms with Crippen LogP contribution in [0.5, 0.6) is 0 Å². The maximum atomic E-state index is 12.2. The molecular weight excluding hydrogens is 328 g/mol. The lowest BCUT2D eigenvalue weighted by molar-refractivity contribution is 0.0431. The molecule has 0 unspecified atom stereocenters. The molecule has 0 saturated carbocycles. The second-order valence-electron chi connectivity index (χ2n) is 7.23. The first kappa shape index (κ1) is 18.0. The third kappa shape index (κ3) is 4.04. The Balaban J connectivity index is 1.66. The van der Waals surface area contributed by atoms with Gasteiger partial charge in [-0.2, -0.15) is 5.10 Å². The Morgan fingerprint density at radius 3 is 2.46 bits per heavy atom. The Hall–Kier alpha value is -2.82. The standard InChI is InChI=1S/C21H24N2O3/c1-5-23-13-12-17(22-23)14-25-20(24)19-11-10-18(26-19)15-6-8-16(9-7-15)21(2,3)4/h6-13H,5,14H2,1-4H3. The Morgan fingerprint density at radius 2 is 1.85 bits per heavy atom. The molecule has 0 fully saturated rings. The van der Waals surface area contributed by atoms with Gasteiger partial charge in [-0.1, -0.05) is 45.0 Å². The first-order chi connectivity index (χ1) is 12.4. The lowest BCUT2D eigenvalue weighted by Gasteiger charge is -2.18. The summed E-state index contributed by atoms with van der Waals surface area (Å²) in [5, 5.41) is 4.28. The molecule has 5 nitrogen and oxygen atoms in total. The molecule has 1 aromatic carbocycles. The lowest BCUT2D eigenvalue weighted by Crippen LogP contribution is -2.10. The van der Waals surface area contributed by atoms with E-state index in [9.17, 15) is 4.79 Å². The summed E-state index contributed by atoms with van der Waals surface area (Å²) in [5.74, 6) is 0.344. The van der Waals surface area contributed by atoms with Gasteiger partial charge in [0.1, 0.15) is 12.4 Å². The van der Waals surface area contributed by atoms with E-state index in [0.29, 0.717) is 11.5 Å². The number of carbonyl (C=O) groups excluding carboxylic acids is 1. The molecule has 2 heterocycles. The molecule has 0 radical (unpaired) electrons. The molecule has 0 amide bonds. The number of rotatable bonds is 5. The van der Waals surface area contributed by atoms with Gasteiger partial charge in [-0.25, -0.2) is 4.79 Å². The summed E-state index contributed by atoms with van der Waals surface area (Å²) >= 11 is 0. The molecule has 0 N–H and O–H groups in total. The first-order valence-corrected chi connectivity index (χ1v) is 8.77. The number of furan rings is 1. The van der Waals surface area contributed by atoms with Gasteiger partial charge in [-0.3, -0.25) is 4.68 Å². The van der Waals surface area contributed by atoms with Gasteiger partial charge in [0.15, 0.2) is 0 Å². The topological polar surface area (TPSA) is 57.3 Å². The first-order valence-electron chi connectivity index (χ1n) is 8.77. The fourth-order valence-electron chi connectivity index (χ4n) is 2.60. The minimum Gasteiger partial charge on any atom is -0.453 e. The van der Waals surface area contributed by atoms with E-state index in [1.165, 1.54) is 5.56 Å². The minimum atomic E-state index is -0.492. The molecule has 3 aromatic rings. The summed E-state index contributed by atoms with van der Waals surface area (Å²) < 4.78 is 12.7. The molecule has 0 spiro atoms. The van der Waals surface area contributed by atoms with Crippen LogP contribution in [-0.4, -0.2) is 15.7 Å². The van der Waals surface area contributed by atoms with E-state index < -0.39 is 5.97 Å². The molecule has 3 rings (SSSR count). The summed E-state index contributed by atoms with van der Waals surface area (Å²) in [5.41, 5.74) is 2.99. The van der Waals surface area contributed by atoms with Gasteiger partial charge in [0.25, 0.3) is 0 Å². The van der Waals surface area contributed by atoms with Gasteiger partial charge in [-0.15, -0.1) is 0 Å². The number of esters is 1. The number of aryl methyl sites for hydroxylation is 1. The Labute approximate surface area is 153 Å². The van der Waals surface area contributed by atoms with Crippen LogP contribution in [0.3, 0.4) is 0 Å². The van der Waals surface area contributed by atoms with Gasteiger partial charge in [0, 0.05) is 18.3 Å². The van der Waals surface area contributed by atoms with Gasteiger partial charge in [-0.05, 0) is 36.1 Å². The van der Waals surface area contributed by atoms with E-state index in [4.69, 9.17) is 9.15 Å². The van der Waals surface area contributed by atoms with E-state index in [2.05, 4.69) is 38.0 Å². The predicted molar refractivity (Wildman–Crippen MR) is 99.9 cm³/mol. The molecule has 26 heavy (non-hydrogen) atoms. The highest BCUT2D eigenvalue weighted by Gasteiger charge is 2.16. The molecule has 0 saturated heterocycles. The number of ether oxygens (including phenoxy) is 1. The van der Waals surface area contributed by atoms with Crippen LogP contribution in [0.1, 0.15) is 49.5 Å². The van der Waals surface area contributed by atoms with E-state index in [1.807, 2.05) is 31.3 Å². The van der Waals surface area contributed by atoms with Crippen LogP contribution in [0.25, 0.3) is 11.3 Å². The number of hydrogen-bond donors (Lipinski definition) is 0. The van der Waals surface area contributed by atoms with Crippen molar-refractivity contribution in [1.82, 2.24) is 9.78 Å². The fraction of sp³-hybridized carbons (Fsp3) is 0.333. The molecule has 136 valence electrons. The van der Waals surface area contributed by atoms with Crippen molar-refractivity contribution in [2.24, 2.45) is 0 Å². The van der Waals surface area contributed by atoms with E-state index in [0.717, 1.165) is 12.1 Å². The number of benzene rings is 1. The fourth-order valence-corrected chi connectivity index (χ4v) is 2.60. The van der Waals surface area contributed by atoms with Crippen molar-refractivity contribution >= 4 is 5.97 Å². The number of nitrogens with zero attached hydrogens (tertiary/aromatic N) is 2. The van der Waals surface area contributed by atoms with Gasteiger partial charge >= 0.3 is 5.97 Å². The van der Waals surface area contributed by atoms with Crippen LogP contribution < -0.4 is 0 Å². The zero-order valence-corrected chi connectivity index (χ0v) is 15.7. The normalized spacial score (nSPS) is 11.5. The summed E-state index contributed by atoms with van der Waals surface area (Å²) in [6, 6.07) is 13.4. The highest BCUT2D eigenvalue weighted by Crippen LogP contribution is 2.27. The largest absolute Gasteiger partial charge is 0.453 e. The van der Waals surface area contributed by atoms with E-state index in [-0.39, 0.29) is 17.8 Å². The van der Waals surface area contributed by atoms with Crippen molar-refractivity contribution < 1.29 is 13.9 Å². The number of carbonyl (C=O) groups is 1. The zero-order chi connectivity index (χ0) is 18.7. The van der Waals surface area contributed by atoms with Gasteiger partial charge in [0.05, 0.1) is 5.69 Å². The molecule has 0 aliphatic heterocycles. The monoisotopic (exact) mass is 352 g/mol. The molecular formula is C21H24N2O3. The average Bonchev–Trinajstić information content (AvgIpc) is 3.28. The summed E-state index contributed by atoms with van der Waals surface area (Å²) in [4.78, 5) is 12.2. The summed E-state index contributed by atoms with van der Waals surface area (Å²) in [6.45, 7) is 9.43. The summed E-state index contributed by atoms with van der Waals surface area (Å²) in [7, 11) is 0. The van der Waals surface area contributed by atoms with Gasteiger partial charge in [0.2, 0.25) is 5.76 Å². The Bertz CT molecular complexity index is 883. The third-order valence-electron chi connectivity index (χ3n) is 4.21. The van der Waals surface area contributed by atoms with Crippen molar-refractivity contribution in [3.63, 3.8) is 0 Å². The smallest absolute Gasteiger partial charge is 0.374 e. The van der Waals surface area contributed by atoms with Crippen LogP contribution in [0.15, 0.2) is 53.1 Å². The van der Waals surface area contributed by atoms with Crippen LogP contribution >= 0.6 is 0 Å². The molecule has 0 atom stereocenters. The van der Waals surface area contributed by atoms with Crippen LogP contribution in [0.4, 0.5) is 0 Å². The van der Waals surface area contributed by atoms with Crippen LogP contribution in [-0.2, 0) is 23.3 Å². The lowest BCUT2D eigenvalue weighted by atomic mass is 9.86. The predicted octanol–water partition coefficient (Wildman–Crippen LogP) is 4.82. The molecule has 5 heteroatoms. The van der Waals surface area contributed by atoms with E-state index in [1.54, 1.807) is 16.8 Å². The number of aromatic nitrogens is 2. The van der Waals surface area contributed by atoms with Crippen molar-refractivity contribution in [2.75, 3.05) is 0 Å². The van der Waals surface area contributed by atoms with Crippen molar-refractivity contribution in [1.29, 1.82) is 0 Å². The molecule has 0 aliphatic carbocycles. The third-order valence-corrected chi connectivity index (χ3v) is 4.21. The maximum absolute atomic E-state index is 12.2. The molecule has 0 bridgehead atoms. The highest BCUT2D eigenvalue weighted by atomic mass is 16.5. The second kappa shape index (κ2) is 7.20. The quantitative estimate of drug-likeness (QED) is 0.618. The number of hydrogen-bond acceptors (Lipinski definition) is 4. The minimum absolute atomic E-state index is 0.0986. The summed E-state index contributed by atoms with van der Waals surface area (Å²) in [6.07, 6.45) is 1.86. The average molecular weight is 352 g/mol. The zero-order valence-electron chi connectivity index (χ0n) is 15.7. The Kier molecular flexibility index (Phi) is 4.98. The Morgan fingerprint density at radius 1 is 1.12 bits per heavy atom. The van der Waals surface area contributed by atoms with Gasteiger partial charge < -0.3 is 9.15 Å². The SMILES string of the molecule is CCn1ccc(COC(=O)c2ccc(-c3ccc(C(C)(C)C)cc3)o2)n1. The van der Waals surface area contributed by atoms with Crippen molar-refractivity contribution in [2.45, 2.75) is 46.3 Å². The van der Waals surface area contributed by atoms with Crippen molar-refractivity contribution in [3.05, 3.63) is 65.7 Å². The molecule has 2 aromatic heterocycles. The van der Waals surface area contributed by atoms with E-state index >= 15 is 0 Å².